The first-order chi connectivity index (χ1) is 16.9. The Labute approximate surface area is 203 Å². The van der Waals surface area contributed by atoms with Crippen molar-refractivity contribution in [1.29, 1.82) is 0 Å². The smallest absolute Gasteiger partial charge is 0.381 e. The number of rotatable bonds is 4. The summed E-state index contributed by atoms with van der Waals surface area (Å²) in [6.45, 7) is 2.11. The fourth-order valence-corrected chi connectivity index (χ4v) is 5.82. The maximum Gasteiger partial charge on any atom is 0.416 e. The Morgan fingerprint density at radius 1 is 1.11 bits per heavy atom. The van der Waals surface area contributed by atoms with E-state index in [0.717, 1.165) is 51.3 Å². The van der Waals surface area contributed by atoms with Crippen LogP contribution in [0.25, 0.3) is 0 Å². The Bertz CT molecular complexity index is 974. The highest BCUT2D eigenvalue weighted by Gasteiger charge is 2.45. The molecule has 3 aliphatic heterocycles. The van der Waals surface area contributed by atoms with Crippen LogP contribution < -0.4 is 21.3 Å². The average molecular weight is 491 g/mol. The molecule has 190 valence electrons. The molecule has 5 rings (SSSR count). The van der Waals surface area contributed by atoms with Crippen LogP contribution in [0.1, 0.15) is 49.3 Å². The van der Waals surface area contributed by atoms with Gasteiger partial charge in [0.05, 0.1) is 17.8 Å². The first-order valence-corrected chi connectivity index (χ1v) is 12.6. The number of carbonyl (C=O) groups excluding carboxylic acids is 1. The van der Waals surface area contributed by atoms with Gasteiger partial charge in [0.15, 0.2) is 0 Å². The van der Waals surface area contributed by atoms with Crippen molar-refractivity contribution in [2.75, 3.05) is 25.0 Å². The lowest BCUT2D eigenvalue weighted by atomic mass is 9.73. The third kappa shape index (κ3) is 5.51. The molecule has 5 atom stereocenters. The maximum absolute atomic E-state index is 13.5. The SMILES string of the molecule is O=C(NC[C@H]1CC[C@@H]2[C@H](O1)c1cc(C(F)(F)F)ccc1N[C@H]2C1C=CC=CC1)NC1CCNCC1. The van der Waals surface area contributed by atoms with Crippen molar-refractivity contribution in [3.8, 4) is 0 Å². The van der Waals surface area contributed by atoms with Gasteiger partial charge in [-0.2, -0.15) is 13.2 Å². The molecule has 1 aromatic rings. The lowest BCUT2D eigenvalue weighted by molar-refractivity contribution is -0.138. The van der Waals surface area contributed by atoms with Crippen LogP contribution in [0.5, 0.6) is 0 Å². The number of hydrogen-bond acceptors (Lipinski definition) is 4. The zero-order valence-electron chi connectivity index (χ0n) is 19.6. The summed E-state index contributed by atoms with van der Waals surface area (Å²) in [7, 11) is 0. The van der Waals surface area contributed by atoms with Crippen molar-refractivity contribution in [3.63, 3.8) is 0 Å². The Morgan fingerprint density at radius 2 is 1.94 bits per heavy atom. The van der Waals surface area contributed by atoms with Gasteiger partial charge in [0.25, 0.3) is 0 Å². The van der Waals surface area contributed by atoms with Crippen molar-refractivity contribution < 1.29 is 22.7 Å². The van der Waals surface area contributed by atoms with Crippen LogP contribution in [0.2, 0.25) is 0 Å². The monoisotopic (exact) mass is 490 g/mol. The van der Waals surface area contributed by atoms with Gasteiger partial charge in [-0.25, -0.2) is 4.79 Å². The van der Waals surface area contributed by atoms with Crippen LogP contribution in [0.3, 0.4) is 0 Å². The first kappa shape index (κ1) is 24.2. The number of fused-ring (bicyclic) bond motifs is 3. The van der Waals surface area contributed by atoms with Gasteiger partial charge >= 0.3 is 12.2 Å². The number of alkyl halides is 3. The molecule has 0 aromatic heterocycles. The fourth-order valence-electron chi connectivity index (χ4n) is 5.82. The van der Waals surface area contributed by atoms with Gasteiger partial charge in [0.1, 0.15) is 0 Å². The molecule has 2 fully saturated rings. The summed E-state index contributed by atoms with van der Waals surface area (Å²) >= 11 is 0. The Balaban J connectivity index is 1.30. The summed E-state index contributed by atoms with van der Waals surface area (Å²) in [5.41, 5.74) is 0.589. The number of anilines is 1. The van der Waals surface area contributed by atoms with Crippen LogP contribution in [-0.4, -0.2) is 43.9 Å². The standard InChI is InChI=1S/C26H33F3N4O2/c27-26(28,29)17-6-9-22-21(14-17)24-20(23(33-22)16-4-2-1-3-5-16)8-7-19(35-24)15-31-25(34)32-18-10-12-30-13-11-18/h1-4,6,9,14,16,18-20,23-24,30,33H,5,7-8,10-13,15H2,(H2,31,32,34)/t16?,19-,20+,23+,24+/m1/s1. The molecule has 9 heteroatoms. The second-order valence-corrected chi connectivity index (χ2v) is 9.98. The summed E-state index contributed by atoms with van der Waals surface area (Å²) < 4.78 is 46.9. The average Bonchev–Trinajstić information content (AvgIpc) is 2.87. The number of hydrogen-bond donors (Lipinski definition) is 4. The third-order valence-corrected chi connectivity index (χ3v) is 7.66. The molecule has 1 unspecified atom stereocenters. The number of ether oxygens (including phenoxy) is 1. The molecule has 2 saturated heterocycles. The summed E-state index contributed by atoms with van der Waals surface area (Å²) in [5, 5.41) is 12.7. The van der Waals surface area contributed by atoms with Crippen LogP contribution >= 0.6 is 0 Å². The Kier molecular flexibility index (Phi) is 7.07. The number of halogens is 3. The Morgan fingerprint density at radius 3 is 2.69 bits per heavy atom. The van der Waals surface area contributed by atoms with E-state index in [-0.39, 0.29) is 36.1 Å². The minimum absolute atomic E-state index is 0.0481. The van der Waals surface area contributed by atoms with E-state index in [2.05, 4.69) is 33.4 Å². The van der Waals surface area contributed by atoms with E-state index in [1.165, 1.54) is 12.1 Å². The molecular formula is C26H33F3N4O2. The highest BCUT2D eigenvalue weighted by molar-refractivity contribution is 5.74. The van der Waals surface area contributed by atoms with Crippen LogP contribution in [-0.2, 0) is 10.9 Å². The predicted molar refractivity (Wildman–Crippen MR) is 128 cm³/mol. The van der Waals surface area contributed by atoms with Gasteiger partial charge in [-0.05, 0) is 63.4 Å². The predicted octanol–water partition coefficient (Wildman–Crippen LogP) is 4.52. The number of piperidine rings is 1. The molecule has 4 N–H and O–H groups in total. The molecule has 35 heavy (non-hydrogen) atoms. The highest BCUT2D eigenvalue weighted by Crippen LogP contribution is 2.49. The van der Waals surface area contributed by atoms with Gasteiger partial charge < -0.3 is 26.0 Å². The normalized spacial score (nSPS) is 30.7. The molecule has 0 bridgehead atoms. The zero-order valence-corrected chi connectivity index (χ0v) is 19.6. The molecule has 6 nitrogen and oxygen atoms in total. The largest absolute Gasteiger partial charge is 0.416 e. The van der Waals surface area contributed by atoms with Gasteiger partial charge in [-0.3, -0.25) is 0 Å². The maximum atomic E-state index is 13.5. The van der Waals surface area contributed by atoms with Crippen molar-refractivity contribution in [1.82, 2.24) is 16.0 Å². The molecule has 0 saturated carbocycles. The molecule has 0 radical (unpaired) electrons. The fraction of sp³-hybridized carbons (Fsp3) is 0.577. The minimum atomic E-state index is -4.42. The molecular weight excluding hydrogens is 457 g/mol. The van der Waals surface area contributed by atoms with Gasteiger partial charge in [0, 0.05) is 41.7 Å². The Hall–Kier alpha value is -2.52. The molecule has 4 aliphatic rings. The lowest BCUT2D eigenvalue weighted by Gasteiger charge is -2.47. The van der Waals surface area contributed by atoms with Gasteiger partial charge in [-0.15, -0.1) is 0 Å². The number of allylic oxidation sites excluding steroid dienone is 3. The van der Waals surface area contributed by atoms with E-state index < -0.39 is 17.8 Å². The quantitative estimate of drug-likeness (QED) is 0.501. The number of benzene rings is 1. The van der Waals surface area contributed by atoms with Crippen molar-refractivity contribution in [2.24, 2.45) is 11.8 Å². The van der Waals surface area contributed by atoms with E-state index in [0.29, 0.717) is 17.8 Å². The van der Waals surface area contributed by atoms with Crippen molar-refractivity contribution >= 4 is 11.7 Å². The topological polar surface area (TPSA) is 74.4 Å². The summed E-state index contributed by atoms with van der Waals surface area (Å²) in [6, 6.07) is 3.90. The summed E-state index contributed by atoms with van der Waals surface area (Å²) in [5.74, 6) is 0.295. The van der Waals surface area contributed by atoms with Crippen molar-refractivity contribution in [3.05, 3.63) is 53.6 Å². The second-order valence-electron chi connectivity index (χ2n) is 9.98. The van der Waals surface area contributed by atoms with Crippen LogP contribution in [0, 0.1) is 11.8 Å². The van der Waals surface area contributed by atoms with E-state index in [1.54, 1.807) is 0 Å². The summed E-state index contributed by atoms with van der Waals surface area (Å²) in [6.07, 6.45) is 7.47. The number of carbonyl (C=O) groups is 1. The minimum Gasteiger partial charge on any atom is -0.381 e. The lowest BCUT2D eigenvalue weighted by Crippen LogP contribution is -2.51. The van der Waals surface area contributed by atoms with E-state index in [9.17, 15) is 18.0 Å². The van der Waals surface area contributed by atoms with E-state index in [1.807, 2.05) is 12.2 Å². The van der Waals surface area contributed by atoms with Gasteiger partial charge in [0.2, 0.25) is 0 Å². The number of nitrogens with one attached hydrogen (secondary N) is 4. The van der Waals surface area contributed by atoms with Crippen molar-refractivity contribution in [2.45, 2.75) is 62.6 Å². The molecule has 3 heterocycles. The van der Waals surface area contributed by atoms with E-state index in [4.69, 9.17) is 4.74 Å². The van der Waals surface area contributed by atoms with Crippen LogP contribution in [0.4, 0.5) is 23.7 Å². The molecule has 2 amide bonds. The van der Waals surface area contributed by atoms with Gasteiger partial charge in [-0.1, -0.05) is 24.3 Å². The molecule has 1 aromatic carbocycles. The third-order valence-electron chi connectivity index (χ3n) is 7.66. The van der Waals surface area contributed by atoms with E-state index >= 15 is 0 Å². The first-order valence-electron chi connectivity index (χ1n) is 12.6. The highest BCUT2D eigenvalue weighted by atomic mass is 19.4. The number of urea groups is 1. The zero-order chi connectivity index (χ0) is 24.4. The molecule has 1 aliphatic carbocycles. The number of amides is 2. The van der Waals surface area contributed by atoms with Crippen LogP contribution in [0.15, 0.2) is 42.5 Å². The summed E-state index contributed by atoms with van der Waals surface area (Å²) in [4.78, 5) is 12.4. The second kappa shape index (κ2) is 10.2. The molecule has 0 spiro atoms.